The van der Waals surface area contributed by atoms with E-state index in [2.05, 4.69) is 12.2 Å². The molecule has 0 radical (unpaired) electrons. The molecule has 2 unspecified atom stereocenters. The van der Waals surface area contributed by atoms with Crippen LogP contribution in [-0.2, 0) is 9.59 Å². The molecule has 0 aromatic rings. The van der Waals surface area contributed by atoms with E-state index in [4.69, 9.17) is 0 Å². The first-order valence-corrected chi connectivity index (χ1v) is 7.94. The number of imide groups is 1. The predicted octanol–water partition coefficient (Wildman–Crippen LogP) is 1.11. The zero-order valence-corrected chi connectivity index (χ0v) is 12.6. The van der Waals surface area contributed by atoms with Crippen LogP contribution in [0.25, 0.3) is 0 Å². The number of carbonyl (C=O) groups excluding carboxylic acids is 3. The maximum atomic E-state index is 12.4. The molecule has 4 amide bonds. The van der Waals surface area contributed by atoms with Crippen molar-refractivity contribution >= 4 is 17.8 Å². The second-order valence-electron chi connectivity index (χ2n) is 6.67. The number of likely N-dealkylation sites (tertiary alicyclic amines) is 1. The number of nitrogens with zero attached hydrogens (tertiary/aromatic N) is 2. The van der Waals surface area contributed by atoms with Gasteiger partial charge in [-0.25, -0.2) is 4.79 Å². The Bertz CT molecular complexity index is 473. The molecule has 3 fully saturated rings. The Hall–Kier alpha value is -1.59. The highest BCUT2D eigenvalue weighted by Gasteiger charge is 2.54. The molecule has 0 aromatic heterocycles. The molecule has 2 heterocycles. The summed E-state index contributed by atoms with van der Waals surface area (Å²) in [5.41, 5.74) is -0.788. The molecule has 2 aliphatic heterocycles. The summed E-state index contributed by atoms with van der Waals surface area (Å²) in [6.45, 7) is 3.68. The summed E-state index contributed by atoms with van der Waals surface area (Å²) >= 11 is 0. The first kappa shape index (κ1) is 14.4. The number of nitrogens with one attached hydrogen (secondary N) is 1. The molecule has 2 atom stereocenters. The summed E-state index contributed by atoms with van der Waals surface area (Å²) in [6, 6.07) is -0.401. The molecule has 3 rings (SSSR count). The van der Waals surface area contributed by atoms with E-state index in [9.17, 15) is 14.4 Å². The van der Waals surface area contributed by atoms with E-state index in [-0.39, 0.29) is 18.4 Å². The average Bonchev–Trinajstić information content (AvgIpc) is 3.03. The van der Waals surface area contributed by atoms with Gasteiger partial charge in [-0.15, -0.1) is 0 Å². The van der Waals surface area contributed by atoms with Crippen molar-refractivity contribution in [1.29, 1.82) is 0 Å². The first-order chi connectivity index (χ1) is 10.0. The summed E-state index contributed by atoms with van der Waals surface area (Å²) < 4.78 is 0. The second-order valence-corrected chi connectivity index (χ2v) is 6.67. The van der Waals surface area contributed by atoms with E-state index >= 15 is 0 Å². The summed E-state index contributed by atoms with van der Waals surface area (Å²) in [4.78, 5) is 40.1. The van der Waals surface area contributed by atoms with Crippen LogP contribution in [0.3, 0.4) is 0 Å². The topological polar surface area (TPSA) is 69.7 Å². The van der Waals surface area contributed by atoms with Gasteiger partial charge in [0.15, 0.2) is 0 Å². The lowest BCUT2D eigenvalue weighted by Crippen LogP contribution is -2.55. The van der Waals surface area contributed by atoms with Crippen molar-refractivity contribution in [1.82, 2.24) is 15.1 Å². The van der Waals surface area contributed by atoms with Gasteiger partial charge in [-0.3, -0.25) is 14.9 Å². The lowest BCUT2D eigenvalue weighted by molar-refractivity contribution is -0.135. The zero-order valence-electron chi connectivity index (χ0n) is 12.6. The number of rotatable bonds is 2. The van der Waals surface area contributed by atoms with Gasteiger partial charge in [0.1, 0.15) is 12.1 Å². The fourth-order valence-corrected chi connectivity index (χ4v) is 4.00. The van der Waals surface area contributed by atoms with Crippen molar-refractivity contribution in [3.05, 3.63) is 0 Å². The van der Waals surface area contributed by atoms with Crippen LogP contribution in [0.4, 0.5) is 4.79 Å². The number of urea groups is 1. The highest BCUT2D eigenvalue weighted by atomic mass is 16.2. The minimum absolute atomic E-state index is 0.0320. The van der Waals surface area contributed by atoms with Crippen LogP contribution in [0, 0.1) is 5.92 Å². The van der Waals surface area contributed by atoms with Crippen molar-refractivity contribution in [3.8, 4) is 0 Å². The minimum Gasteiger partial charge on any atom is -0.341 e. The normalized spacial score (nSPS) is 32.9. The predicted molar refractivity (Wildman–Crippen MR) is 76.4 cm³/mol. The van der Waals surface area contributed by atoms with E-state index in [1.807, 2.05) is 0 Å². The SMILES string of the molecule is CC1CCCC2(C1)C(=O)NC(=O)N2CC(=O)N1CCCC1. The van der Waals surface area contributed by atoms with E-state index in [1.54, 1.807) is 4.90 Å². The van der Waals surface area contributed by atoms with Crippen molar-refractivity contribution in [2.24, 2.45) is 5.92 Å². The molecule has 116 valence electrons. The lowest BCUT2D eigenvalue weighted by Gasteiger charge is -2.40. The van der Waals surface area contributed by atoms with Gasteiger partial charge in [-0.2, -0.15) is 0 Å². The zero-order chi connectivity index (χ0) is 15.0. The third-order valence-corrected chi connectivity index (χ3v) is 5.13. The smallest absolute Gasteiger partial charge is 0.325 e. The van der Waals surface area contributed by atoms with Gasteiger partial charge in [0, 0.05) is 13.1 Å². The molecule has 6 nitrogen and oxygen atoms in total. The Morgan fingerprint density at radius 1 is 1.29 bits per heavy atom. The standard InChI is InChI=1S/C15H23N3O3/c1-11-5-4-6-15(9-11)13(20)16-14(21)18(15)10-12(19)17-7-2-3-8-17/h11H,2-10H2,1H3,(H,16,20,21). The first-order valence-electron chi connectivity index (χ1n) is 7.94. The molecule has 3 aliphatic rings. The van der Waals surface area contributed by atoms with Gasteiger partial charge in [0.2, 0.25) is 5.91 Å². The van der Waals surface area contributed by atoms with Gasteiger partial charge in [-0.05, 0) is 31.6 Å². The Labute approximate surface area is 124 Å². The third-order valence-electron chi connectivity index (χ3n) is 5.13. The van der Waals surface area contributed by atoms with E-state index in [0.29, 0.717) is 18.8 Å². The van der Waals surface area contributed by atoms with Crippen molar-refractivity contribution in [3.63, 3.8) is 0 Å². The summed E-state index contributed by atoms with van der Waals surface area (Å²) in [7, 11) is 0. The maximum absolute atomic E-state index is 12.4. The van der Waals surface area contributed by atoms with Gasteiger partial charge in [-0.1, -0.05) is 19.8 Å². The second kappa shape index (κ2) is 5.31. The van der Waals surface area contributed by atoms with E-state index in [1.165, 1.54) is 4.90 Å². The van der Waals surface area contributed by atoms with Crippen molar-refractivity contribution < 1.29 is 14.4 Å². The molecule has 0 bridgehead atoms. The Balaban J connectivity index is 1.78. The Morgan fingerprint density at radius 3 is 2.67 bits per heavy atom. The van der Waals surface area contributed by atoms with Gasteiger partial charge in [0.25, 0.3) is 5.91 Å². The van der Waals surface area contributed by atoms with Gasteiger partial charge in [0.05, 0.1) is 0 Å². The third kappa shape index (κ3) is 2.40. The van der Waals surface area contributed by atoms with Crippen molar-refractivity contribution in [2.45, 2.75) is 51.0 Å². The molecular weight excluding hydrogens is 270 g/mol. The molecule has 21 heavy (non-hydrogen) atoms. The quantitative estimate of drug-likeness (QED) is 0.775. The summed E-state index contributed by atoms with van der Waals surface area (Å²) in [5, 5.41) is 2.42. The minimum atomic E-state index is -0.788. The fourth-order valence-electron chi connectivity index (χ4n) is 4.00. The molecule has 1 N–H and O–H groups in total. The Morgan fingerprint density at radius 2 is 2.00 bits per heavy atom. The molecule has 1 saturated carbocycles. The number of hydrogen-bond acceptors (Lipinski definition) is 3. The monoisotopic (exact) mass is 293 g/mol. The van der Waals surface area contributed by atoms with Crippen LogP contribution in [0.1, 0.15) is 45.4 Å². The van der Waals surface area contributed by atoms with Crippen LogP contribution < -0.4 is 5.32 Å². The van der Waals surface area contributed by atoms with Crippen LogP contribution in [0.5, 0.6) is 0 Å². The molecule has 0 aromatic carbocycles. The van der Waals surface area contributed by atoms with Crippen LogP contribution in [0.2, 0.25) is 0 Å². The molecule has 1 aliphatic carbocycles. The highest BCUT2D eigenvalue weighted by Crippen LogP contribution is 2.39. The van der Waals surface area contributed by atoms with E-state index in [0.717, 1.165) is 38.8 Å². The molecular formula is C15H23N3O3. The maximum Gasteiger partial charge on any atom is 0.325 e. The van der Waals surface area contributed by atoms with E-state index < -0.39 is 11.6 Å². The lowest BCUT2D eigenvalue weighted by atomic mass is 9.75. The van der Waals surface area contributed by atoms with Crippen LogP contribution in [-0.4, -0.2) is 52.8 Å². The Kier molecular flexibility index (Phi) is 3.63. The average molecular weight is 293 g/mol. The summed E-state index contributed by atoms with van der Waals surface area (Å²) in [5.74, 6) is 0.156. The number of hydrogen-bond donors (Lipinski definition) is 1. The van der Waals surface area contributed by atoms with Crippen LogP contribution >= 0.6 is 0 Å². The number of carbonyl (C=O) groups is 3. The molecule has 2 saturated heterocycles. The van der Waals surface area contributed by atoms with Gasteiger partial charge >= 0.3 is 6.03 Å². The van der Waals surface area contributed by atoms with Gasteiger partial charge < -0.3 is 9.80 Å². The molecule has 6 heteroatoms. The van der Waals surface area contributed by atoms with Crippen molar-refractivity contribution in [2.75, 3.05) is 19.6 Å². The summed E-state index contributed by atoms with van der Waals surface area (Å²) in [6.07, 6.45) is 5.39. The molecule has 1 spiro atoms. The highest BCUT2D eigenvalue weighted by molar-refractivity contribution is 6.08. The van der Waals surface area contributed by atoms with Crippen LogP contribution in [0.15, 0.2) is 0 Å². The number of amides is 4. The fraction of sp³-hybridized carbons (Fsp3) is 0.800. The largest absolute Gasteiger partial charge is 0.341 e.